The fraction of sp³-hybridized carbons (Fsp3) is 0.471. The summed E-state index contributed by atoms with van der Waals surface area (Å²) in [7, 11) is 0. The molecule has 6 heteroatoms. The number of nitrogens with one attached hydrogen (secondary N) is 1. The van der Waals surface area contributed by atoms with Gasteiger partial charge in [0.15, 0.2) is 5.13 Å². The highest BCUT2D eigenvalue weighted by Crippen LogP contribution is 2.23. The Morgan fingerprint density at radius 3 is 2.52 bits per heavy atom. The van der Waals surface area contributed by atoms with Crippen molar-refractivity contribution in [3.8, 4) is 0 Å². The van der Waals surface area contributed by atoms with Crippen LogP contribution in [0.3, 0.4) is 0 Å². The zero-order chi connectivity index (χ0) is 16.9. The van der Waals surface area contributed by atoms with Gasteiger partial charge < -0.3 is 15.3 Å². The van der Waals surface area contributed by atoms with Crippen LogP contribution in [0.15, 0.2) is 30.5 Å². The summed E-state index contributed by atoms with van der Waals surface area (Å²) in [6.07, 6.45) is 1.87. The third kappa shape index (κ3) is 4.73. The number of hydrogen-bond acceptors (Lipinski definition) is 5. The summed E-state index contributed by atoms with van der Waals surface area (Å²) in [6, 6.07) is 5.96. The smallest absolute Gasteiger partial charge is 0.185 e. The van der Waals surface area contributed by atoms with Crippen LogP contribution < -0.4 is 10.2 Å². The van der Waals surface area contributed by atoms with E-state index >= 15 is 0 Å². The van der Waals surface area contributed by atoms with E-state index in [-0.39, 0.29) is 5.82 Å². The summed E-state index contributed by atoms with van der Waals surface area (Å²) in [5.74, 6) is -0.300. The zero-order valence-electron chi connectivity index (χ0n) is 13.8. The molecule has 0 bridgehead atoms. The Morgan fingerprint density at radius 2 is 1.91 bits per heavy atom. The normalized spacial score (nSPS) is 13.8. The van der Waals surface area contributed by atoms with Gasteiger partial charge in [-0.1, -0.05) is 12.1 Å². The molecule has 0 saturated heterocycles. The van der Waals surface area contributed by atoms with E-state index < -0.39 is 5.60 Å². The van der Waals surface area contributed by atoms with Crippen LogP contribution in [0.1, 0.15) is 31.2 Å². The maximum Gasteiger partial charge on any atom is 0.185 e. The van der Waals surface area contributed by atoms with Gasteiger partial charge in [0.05, 0.1) is 5.60 Å². The molecule has 0 amide bonds. The molecule has 1 atom stereocenters. The maximum absolute atomic E-state index is 13.0. The largest absolute Gasteiger partial charge is 0.384 e. The van der Waals surface area contributed by atoms with Gasteiger partial charge in [0, 0.05) is 37.3 Å². The topological polar surface area (TPSA) is 48.4 Å². The molecule has 0 fully saturated rings. The van der Waals surface area contributed by atoms with Gasteiger partial charge in [-0.25, -0.2) is 9.37 Å². The van der Waals surface area contributed by atoms with E-state index in [1.54, 1.807) is 30.4 Å². The second-order valence-corrected chi connectivity index (χ2v) is 6.76. The van der Waals surface area contributed by atoms with Gasteiger partial charge in [-0.15, -0.1) is 11.3 Å². The predicted molar refractivity (Wildman–Crippen MR) is 93.4 cm³/mol. The molecule has 126 valence electrons. The molecule has 0 saturated carbocycles. The first-order valence-electron chi connectivity index (χ1n) is 7.85. The second kappa shape index (κ2) is 7.86. The van der Waals surface area contributed by atoms with Crippen molar-refractivity contribution in [2.24, 2.45) is 0 Å². The highest BCUT2D eigenvalue weighted by Gasteiger charge is 2.22. The molecule has 0 aliphatic rings. The van der Waals surface area contributed by atoms with Crippen molar-refractivity contribution < 1.29 is 9.50 Å². The lowest BCUT2D eigenvalue weighted by Crippen LogP contribution is -2.35. The number of halogens is 1. The van der Waals surface area contributed by atoms with Crippen molar-refractivity contribution >= 4 is 16.5 Å². The summed E-state index contributed by atoms with van der Waals surface area (Å²) < 4.78 is 13.0. The van der Waals surface area contributed by atoms with E-state index in [4.69, 9.17) is 0 Å². The summed E-state index contributed by atoms with van der Waals surface area (Å²) in [5, 5.41) is 14.8. The fourth-order valence-corrected chi connectivity index (χ4v) is 3.37. The van der Waals surface area contributed by atoms with E-state index in [0.29, 0.717) is 18.7 Å². The Labute approximate surface area is 141 Å². The van der Waals surface area contributed by atoms with Crippen LogP contribution in [-0.2, 0) is 12.1 Å². The van der Waals surface area contributed by atoms with Crippen LogP contribution in [0.2, 0.25) is 0 Å². The number of nitrogens with zero attached hydrogens (tertiary/aromatic N) is 2. The van der Waals surface area contributed by atoms with Gasteiger partial charge in [-0.05, 0) is 38.5 Å². The van der Waals surface area contributed by atoms with Gasteiger partial charge in [0.1, 0.15) is 5.82 Å². The second-order valence-electron chi connectivity index (χ2n) is 5.67. The van der Waals surface area contributed by atoms with E-state index in [0.717, 1.165) is 23.1 Å². The molecule has 1 aromatic heterocycles. The number of thiazole rings is 1. The molecule has 1 heterocycles. The molecule has 0 spiro atoms. The first-order chi connectivity index (χ1) is 11.0. The van der Waals surface area contributed by atoms with Crippen LogP contribution in [0.25, 0.3) is 0 Å². The summed E-state index contributed by atoms with van der Waals surface area (Å²) >= 11 is 1.66. The minimum Gasteiger partial charge on any atom is -0.384 e. The maximum atomic E-state index is 13.0. The Kier molecular flexibility index (Phi) is 6.10. The van der Waals surface area contributed by atoms with Crippen LogP contribution in [0.4, 0.5) is 9.52 Å². The quantitative estimate of drug-likeness (QED) is 0.777. The Bertz CT molecular complexity index is 609. The molecule has 23 heavy (non-hydrogen) atoms. The number of aromatic nitrogens is 1. The lowest BCUT2D eigenvalue weighted by molar-refractivity contribution is 0.0567. The van der Waals surface area contributed by atoms with Gasteiger partial charge in [-0.2, -0.15) is 0 Å². The van der Waals surface area contributed by atoms with E-state index in [1.165, 1.54) is 12.1 Å². The predicted octanol–water partition coefficient (Wildman–Crippen LogP) is 3.13. The number of rotatable bonds is 8. The van der Waals surface area contributed by atoms with Crippen molar-refractivity contribution in [2.75, 3.05) is 24.5 Å². The molecule has 2 rings (SSSR count). The molecule has 0 radical (unpaired) electrons. The molecular formula is C17H24FN3OS. The van der Waals surface area contributed by atoms with Gasteiger partial charge >= 0.3 is 0 Å². The molecule has 2 N–H and O–H groups in total. The van der Waals surface area contributed by atoms with Crippen molar-refractivity contribution in [3.05, 3.63) is 46.7 Å². The standard InChI is InChI=1S/C17H24FN3OS/c1-4-21(5-2)16-20-11-15(23-16)10-19-12-17(3,22)13-6-8-14(18)9-7-13/h6-9,11,19,22H,4-5,10,12H2,1-3H3. The molecule has 2 aromatic rings. The number of benzene rings is 1. The first kappa shape index (κ1) is 17.8. The SMILES string of the molecule is CCN(CC)c1ncc(CNCC(C)(O)c2ccc(F)cc2)s1. The van der Waals surface area contributed by atoms with Crippen molar-refractivity contribution in [3.63, 3.8) is 0 Å². The number of aliphatic hydroxyl groups is 1. The Hall–Kier alpha value is -1.50. The first-order valence-corrected chi connectivity index (χ1v) is 8.66. The van der Waals surface area contributed by atoms with Crippen molar-refractivity contribution in [1.82, 2.24) is 10.3 Å². The molecule has 0 aliphatic carbocycles. The number of anilines is 1. The van der Waals surface area contributed by atoms with Crippen LogP contribution in [-0.4, -0.2) is 29.7 Å². The third-order valence-electron chi connectivity index (χ3n) is 3.81. The fourth-order valence-electron chi connectivity index (χ4n) is 2.36. The van der Waals surface area contributed by atoms with E-state index in [2.05, 4.69) is 29.0 Å². The Balaban J connectivity index is 1.90. The van der Waals surface area contributed by atoms with Crippen molar-refractivity contribution in [1.29, 1.82) is 0 Å². The van der Waals surface area contributed by atoms with Crippen LogP contribution >= 0.6 is 11.3 Å². The zero-order valence-corrected chi connectivity index (χ0v) is 14.7. The Morgan fingerprint density at radius 1 is 1.26 bits per heavy atom. The summed E-state index contributed by atoms with van der Waals surface area (Å²) in [4.78, 5) is 7.78. The summed E-state index contributed by atoms with van der Waals surface area (Å²) in [5.41, 5.74) is -0.348. The van der Waals surface area contributed by atoms with Gasteiger partial charge in [0.25, 0.3) is 0 Å². The van der Waals surface area contributed by atoms with Crippen LogP contribution in [0.5, 0.6) is 0 Å². The molecular weight excluding hydrogens is 313 g/mol. The lowest BCUT2D eigenvalue weighted by Gasteiger charge is -2.24. The lowest BCUT2D eigenvalue weighted by atomic mass is 9.96. The molecule has 4 nitrogen and oxygen atoms in total. The third-order valence-corrected chi connectivity index (χ3v) is 4.87. The average molecular weight is 337 g/mol. The molecule has 1 aromatic carbocycles. The average Bonchev–Trinajstić information content (AvgIpc) is 2.97. The summed E-state index contributed by atoms with van der Waals surface area (Å²) in [6.45, 7) is 8.87. The van der Waals surface area contributed by atoms with E-state index in [9.17, 15) is 9.50 Å². The molecule has 0 aliphatic heterocycles. The van der Waals surface area contributed by atoms with Gasteiger partial charge in [-0.3, -0.25) is 0 Å². The van der Waals surface area contributed by atoms with Crippen molar-refractivity contribution in [2.45, 2.75) is 32.9 Å². The van der Waals surface area contributed by atoms with E-state index in [1.807, 2.05) is 6.20 Å². The highest BCUT2D eigenvalue weighted by molar-refractivity contribution is 7.15. The van der Waals surface area contributed by atoms with Crippen LogP contribution in [0, 0.1) is 5.82 Å². The monoisotopic (exact) mass is 337 g/mol. The molecule has 1 unspecified atom stereocenters. The minimum absolute atomic E-state index is 0.300. The minimum atomic E-state index is -1.04. The van der Waals surface area contributed by atoms with Gasteiger partial charge in [0.2, 0.25) is 0 Å². The highest BCUT2D eigenvalue weighted by atomic mass is 32.1. The number of hydrogen-bond donors (Lipinski definition) is 2.